The first-order valence-electron chi connectivity index (χ1n) is 5.35. The molecule has 102 valence electrons. The Morgan fingerprint density at radius 1 is 1.47 bits per heavy atom. The minimum Gasteiger partial charge on any atom is -0.391 e. The van der Waals surface area contributed by atoms with E-state index in [2.05, 4.69) is 10.1 Å². The first kappa shape index (κ1) is 16.2. The number of rotatable bonds is 7. The van der Waals surface area contributed by atoms with E-state index in [4.69, 9.17) is 0 Å². The largest absolute Gasteiger partial charge is 0.411 e. The van der Waals surface area contributed by atoms with Crippen molar-refractivity contribution in [2.45, 2.75) is 32.5 Å². The highest BCUT2D eigenvalue weighted by atomic mass is 19.4. The first-order chi connectivity index (χ1) is 7.76. The van der Waals surface area contributed by atoms with E-state index in [1.54, 1.807) is 0 Å². The van der Waals surface area contributed by atoms with E-state index in [9.17, 15) is 23.1 Å². The van der Waals surface area contributed by atoms with E-state index in [1.807, 2.05) is 13.8 Å². The highest BCUT2D eigenvalue weighted by Crippen LogP contribution is 2.14. The molecule has 0 aromatic rings. The van der Waals surface area contributed by atoms with Gasteiger partial charge in [-0.3, -0.25) is 4.79 Å². The third kappa shape index (κ3) is 8.93. The maximum atomic E-state index is 11.7. The standard InChI is InChI=1S/C10H18F3NO3/c1-3-7(2)8(15)4-14-9(16)5-17-6-10(11,12)13/h7-8,15H,3-6H2,1-2H3,(H,14,16). The van der Waals surface area contributed by atoms with Gasteiger partial charge >= 0.3 is 6.18 Å². The monoisotopic (exact) mass is 257 g/mol. The zero-order valence-corrected chi connectivity index (χ0v) is 9.88. The molecule has 0 spiro atoms. The number of amides is 1. The number of hydrogen-bond acceptors (Lipinski definition) is 3. The molecule has 17 heavy (non-hydrogen) atoms. The van der Waals surface area contributed by atoms with Crippen LogP contribution in [0, 0.1) is 5.92 Å². The lowest BCUT2D eigenvalue weighted by Crippen LogP contribution is -2.37. The highest BCUT2D eigenvalue weighted by molar-refractivity contribution is 5.77. The van der Waals surface area contributed by atoms with Crippen molar-refractivity contribution in [1.29, 1.82) is 0 Å². The Balaban J connectivity index is 3.67. The number of carbonyl (C=O) groups excluding carboxylic acids is 1. The second kappa shape index (κ2) is 7.50. The van der Waals surface area contributed by atoms with Crippen LogP contribution in [0.25, 0.3) is 0 Å². The number of hydrogen-bond donors (Lipinski definition) is 2. The van der Waals surface area contributed by atoms with Crippen molar-refractivity contribution in [1.82, 2.24) is 5.32 Å². The van der Waals surface area contributed by atoms with Crippen LogP contribution in [0.1, 0.15) is 20.3 Å². The van der Waals surface area contributed by atoms with Gasteiger partial charge < -0.3 is 15.2 Å². The average Bonchev–Trinajstić information content (AvgIpc) is 2.22. The third-order valence-electron chi connectivity index (χ3n) is 2.31. The van der Waals surface area contributed by atoms with Gasteiger partial charge in [0.2, 0.25) is 5.91 Å². The van der Waals surface area contributed by atoms with Crippen molar-refractivity contribution in [3.05, 3.63) is 0 Å². The van der Waals surface area contributed by atoms with Gasteiger partial charge in [0.25, 0.3) is 0 Å². The molecule has 2 N–H and O–H groups in total. The lowest BCUT2D eigenvalue weighted by molar-refractivity contribution is -0.175. The Kier molecular flexibility index (Phi) is 7.13. The first-order valence-corrected chi connectivity index (χ1v) is 5.35. The van der Waals surface area contributed by atoms with Gasteiger partial charge in [-0.05, 0) is 5.92 Å². The number of alkyl halides is 3. The quantitative estimate of drug-likeness (QED) is 0.717. The number of ether oxygens (including phenoxy) is 1. The zero-order valence-electron chi connectivity index (χ0n) is 9.88. The summed E-state index contributed by atoms with van der Waals surface area (Å²) >= 11 is 0. The van der Waals surface area contributed by atoms with Crippen LogP contribution in [0.3, 0.4) is 0 Å². The second-order valence-corrected chi connectivity index (χ2v) is 3.86. The van der Waals surface area contributed by atoms with Crippen LogP contribution in [0.4, 0.5) is 13.2 Å². The molecule has 0 aromatic heterocycles. The molecule has 0 aromatic carbocycles. The highest BCUT2D eigenvalue weighted by Gasteiger charge is 2.27. The predicted molar refractivity (Wildman–Crippen MR) is 55.3 cm³/mol. The van der Waals surface area contributed by atoms with Gasteiger partial charge in [-0.2, -0.15) is 13.2 Å². The summed E-state index contributed by atoms with van der Waals surface area (Å²) in [4.78, 5) is 11.0. The molecule has 0 radical (unpaired) electrons. The van der Waals surface area contributed by atoms with Crippen molar-refractivity contribution in [2.24, 2.45) is 5.92 Å². The SMILES string of the molecule is CCC(C)C(O)CNC(=O)COCC(F)(F)F. The molecular weight excluding hydrogens is 239 g/mol. The number of halogens is 3. The Morgan fingerprint density at radius 3 is 2.53 bits per heavy atom. The summed E-state index contributed by atoms with van der Waals surface area (Å²) in [5, 5.41) is 11.8. The van der Waals surface area contributed by atoms with E-state index in [-0.39, 0.29) is 12.5 Å². The Labute approximate surface area is 98.1 Å². The lowest BCUT2D eigenvalue weighted by Gasteiger charge is -2.17. The third-order valence-corrected chi connectivity index (χ3v) is 2.31. The van der Waals surface area contributed by atoms with Crippen LogP contribution in [0.5, 0.6) is 0 Å². The molecule has 0 aliphatic rings. The van der Waals surface area contributed by atoms with Gasteiger partial charge in [0.05, 0.1) is 6.10 Å². The zero-order chi connectivity index (χ0) is 13.5. The van der Waals surface area contributed by atoms with Crippen LogP contribution in [-0.2, 0) is 9.53 Å². The maximum Gasteiger partial charge on any atom is 0.411 e. The number of nitrogens with one attached hydrogen (secondary N) is 1. The summed E-state index contributed by atoms with van der Waals surface area (Å²) in [5.74, 6) is -0.650. The predicted octanol–water partition coefficient (Wildman–Crippen LogP) is 1.09. The lowest BCUT2D eigenvalue weighted by atomic mass is 10.0. The molecule has 0 heterocycles. The van der Waals surface area contributed by atoms with Gasteiger partial charge in [0, 0.05) is 6.54 Å². The minimum absolute atomic E-state index is 0.0171. The van der Waals surface area contributed by atoms with Gasteiger partial charge in [-0.1, -0.05) is 20.3 Å². The second-order valence-electron chi connectivity index (χ2n) is 3.86. The van der Waals surface area contributed by atoms with Gasteiger partial charge in [0.1, 0.15) is 13.2 Å². The van der Waals surface area contributed by atoms with Gasteiger partial charge in [-0.25, -0.2) is 0 Å². The molecular formula is C10H18F3NO3. The fourth-order valence-corrected chi connectivity index (χ4v) is 1.00. The van der Waals surface area contributed by atoms with E-state index >= 15 is 0 Å². The van der Waals surface area contributed by atoms with Crippen molar-refractivity contribution in [3.63, 3.8) is 0 Å². The van der Waals surface area contributed by atoms with E-state index < -0.39 is 31.4 Å². The Bertz CT molecular complexity index is 233. The van der Waals surface area contributed by atoms with Crippen LogP contribution in [-0.4, -0.2) is 43.1 Å². The smallest absolute Gasteiger partial charge is 0.391 e. The van der Waals surface area contributed by atoms with Crippen molar-refractivity contribution < 1.29 is 27.8 Å². The minimum atomic E-state index is -4.43. The number of aliphatic hydroxyl groups is 1. The Hall–Kier alpha value is -0.820. The molecule has 2 atom stereocenters. The summed E-state index contributed by atoms with van der Waals surface area (Å²) in [6, 6.07) is 0. The van der Waals surface area contributed by atoms with Crippen LogP contribution < -0.4 is 5.32 Å². The molecule has 0 bridgehead atoms. The summed E-state index contributed by atoms with van der Waals surface area (Å²) in [5.41, 5.74) is 0. The normalized spacial score (nSPS) is 15.4. The molecule has 0 rings (SSSR count). The summed E-state index contributed by atoms with van der Waals surface area (Å²) in [6.45, 7) is 1.61. The van der Waals surface area contributed by atoms with Crippen LogP contribution in [0.2, 0.25) is 0 Å². The molecule has 0 fully saturated rings. The fourth-order valence-electron chi connectivity index (χ4n) is 1.00. The van der Waals surface area contributed by atoms with Crippen LogP contribution >= 0.6 is 0 Å². The summed E-state index contributed by atoms with van der Waals surface area (Å²) in [7, 11) is 0. The molecule has 0 saturated carbocycles. The number of aliphatic hydroxyl groups excluding tert-OH is 1. The van der Waals surface area contributed by atoms with Crippen molar-refractivity contribution in [2.75, 3.05) is 19.8 Å². The van der Waals surface area contributed by atoms with Gasteiger partial charge in [-0.15, -0.1) is 0 Å². The Morgan fingerprint density at radius 2 is 2.06 bits per heavy atom. The summed E-state index contributed by atoms with van der Waals surface area (Å²) in [6.07, 6.45) is -4.38. The molecule has 2 unspecified atom stereocenters. The van der Waals surface area contributed by atoms with Crippen molar-refractivity contribution in [3.8, 4) is 0 Å². The van der Waals surface area contributed by atoms with E-state index in [1.165, 1.54) is 0 Å². The molecule has 4 nitrogen and oxygen atoms in total. The van der Waals surface area contributed by atoms with E-state index in [0.29, 0.717) is 0 Å². The topological polar surface area (TPSA) is 58.6 Å². The number of carbonyl (C=O) groups is 1. The molecule has 1 amide bonds. The van der Waals surface area contributed by atoms with Gasteiger partial charge in [0.15, 0.2) is 0 Å². The molecule has 0 aliphatic carbocycles. The summed E-state index contributed by atoms with van der Waals surface area (Å²) < 4.78 is 39.2. The molecule has 7 heteroatoms. The molecule has 0 aliphatic heterocycles. The average molecular weight is 257 g/mol. The van der Waals surface area contributed by atoms with Crippen LogP contribution in [0.15, 0.2) is 0 Å². The molecule has 0 saturated heterocycles. The van der Waals surface area contributed by atoms with Crippen molar-refractivity contribution >= 4 is 5.91 Å². The van der Waals surface area contributed by atoms with E-state index in [0.717, 1.165) is 6.42 Å². The maximum absolute atomic E-state index is 11.7. The fraction of sp³-hybridized carbons (Fsp3) is 0.900.